The minimum atomic E-state index is -0.570. The summed E-state index contributed by atoms with van der Waals surface area (Å²) in [5, 5.41) is 11.6. The maximum atomic E-state index is 11.7. The van der Waals surface area contributed by atoms with Crippen molar-refractivity contribution in [3.05, 3.63) is 29.3 Å². The molecule has 1 aromatic rings. The highest BCUT2D eigenvalue weighted by atomic mass is 16.1. The number of rotatable bonds is 3. The van der Waals surface area contributed by atoms with Crippen LogP contribution in [0.25, 0.3) is 0 Å². The largest absolute Gasteiger partial charge is 0.325 e. The van der Waals surface area contributed by atoms with Crippen molar-refractivity contribution in [1.29, 1.82) is 5.26 Å². The quantitative estimate of drug-likeness (QED) is 0.844. The summed E-state index contributed by atoms with van der Waals surface area (Å²) in [4.78, 5) is 11.7. The van der Waals surface area contributed by atoms with Gasteiger partial charge in [0.05, 0.1) is 6.07 Å². The third-order valence-electron chi connectivity index (χ3n) is 2.53. The number of nitrogens with one attached hydrogen (secondary N) is 1. The summed E-state index contributed by atoms with van der Waals surface area (Å²) < 4.78 is 0. The molecular weight excluding hydrogens is 200 g/mol. The van der Waals surface area contributed by atoms with E-state index in [2.05, 4.69) is 5.32 Å². The molecule has 0 aliphatic carbocycles. The molecule has 1 amide bonds. The molecule has 1 aromatic carbocycles. The second kappa shape index (κ2) is 5.32. The zero-order chi connectivity index (χ0) is 12.1. The predicted molar refractivity (Wildman–Crippen MR) is 63.9 cm³/mol. The number of nitrogens with zero attached hydrogens (tertiary/aromatic N) is 1. The smallest absolute Gasteiger partial charge is 0.241 e. The van der Waals surface area contributed by atoms with Gasteiger partial charge in [0.25, 0.3) is 0 Å². The van der Waals surface area contributed by atoms with E-state index < -0.39 is 5.92 Å². The van der Waals surface area contributed by atoms with Crippen LogP contribution in [-0.2, 0) is 4.79 Å². The molecule has 0 heterocycles. The molecule has 16 heavy (non-hydrogen) atoms. The lowest BCUT2D eigenvalue weighted by Gasteiger charge is -2.11. The number of hydrogen-bond acceptors (Lipinski definition) is 2. The standard InChI is InChI=1S/C13H16N2O/c1-4-11(8-14)13(16)15-12-7-9(2)5-6-10(12)3/h5-7,11H,4H2,1-3H3,(H,15,16). The molecule has 0 aliphatic heterocycles. The molecule has 3 heteroatoms. The summed E-state index contributed by atoms with van der Waals surface area (Å²) in [5.41, 5.74) is 2.89. The lowest BCUT2D eigenvalue weighted by Crippen LogP contribution is -2.21. The van der Waals surface area contributed by atoms with Crippen molar-refractivity contribution in [3.63, 3.8) is 0 Å². The van der Waals surface area contributed by atoms with Crippen LogP contribution in [0, 0.1) is 31.1 Å². The zero-order valence-electron chi connectivity index (χ0n) is 9.87. The topological polar surface area (TPSA) is 52.9 Å². The molecule has 0 saturated heterocycles. The van der Waals surface area contributed by atoms with Gasteiger partial charge in [-0.2, -0.15) is 5.26 Å². The van der Waals surface area contributed by atoms with Crippen LogP contribution >= 0.6 is 0 Å². The average molecular weight is 216 g/mol. The molecule has 0 saturated carbocycles. The van der Waals surface area contributed by atoms with Crippen molar-refractivity contribution in [2.45, 2.75) is 27.2 Å². The van der Waals surface area contributed by atoms with E-state index in [1.807, 2.05) is 45.0 Å². The van der Waals surface area contributed by atoms with Crippen LogP contribution in [0.15, 0.2) is 18.2 Å². The van der Waals surface area contributed by atoms with Gasteiger partial charge in [-0.25, -0.2) is 0 Å². The van der Waals surface area contributed by atoms with E-state index in [-0.39, 0.29) is 5.91 Å². The third kappa shape index (κ3) is 2.83. The first-order chi connectivity index (χ1) is 7.58. The Balaban J connectivity index is 2.85. The average Bonchev–Trinajstić information content (AvgIpc) is 2.25. The van der Waals surface area contributed by atoms with Crippen molar-refractivity contribution in [2.75, 3.05) is 5.32 Å². The summed E-state index contributed by atoms with van der Waals surface area (Å²) in [6.07, 6.45) is 0.535. The van der Waals surface area contributed by atoms with E-state index >= 15 is 0 Å². The third-order valence-corrected chi connectivity index (χ3v) is 2.53. The van der Waals surface area contributed by atoms with Crippen molar-refractivity contribution in [3.8, 4) is 6.07 Å². The van der Waals surface area contributed by atoms with Gasteiger partial charge in [0.2, 0.25) is 5.91 Å². The first-order valence-corrected chi connectivity index (χ1v) is 5.36. The number of benzene rings is 1. The Hall–Kier alpha value is -1.82. The predicted octanol–water partition coefficient (Wildman–Crippen LogP) is 2.79. The normalized spacial score (nSPS) is 11.6. The summed E-state index contributed by atoms with van der Waals surface area (Å²) in [6.45, 7) is 5.73. The molecular formula is C13H16N2O. The van der Waals surface area contributed by atoms with Crippen molar-refractivity contribution in [2.24, 2.45) is 5.92 Å². The van der Waals surface area contributed by atoms with Crippen LogP contribution in [0.1, 0.15) is 24.5 Å². The molecule has 0 aromatic heterocycles. The lowest BCUT2D eigenvalue weighted by molar-refractivity contribution is -0.118. The van der Waals surface area contributed by atoms with Crippen LogP contribution < -0.4 is 5.32 Å². The number of anilines is 1. The minimum absolute atomic E-state index is 0.223. The number of carbonyl (C=O) groups excluding carboxylic acids is 1. The molecule has 1 N–H and O–H groups in total. The van der Waals surface area contributed by atoms with Gasteiger partial charge < -0.3 is 5.32 Å². The van der Waals surface area contributed by atoms with Crippen molar-refractivity contribution in [1.82, 2.24) is 0 Å². The fourth-order valence-corrected chi connectivity index (χ4v) is 1.43. The first kappa shape index (κ1) is 12.3. The van der Waals surface area contributed by atoms with E-state index in [4.69, 9.17) is 5.26 Å². The van der Waals surface area contributed by atoms with Crippen molar-refractivity contribution >= 4 is 11.6 Å². The van der Waals surface area contributed by atoms with Crippen LogP contribution in [0.3, 0.4) is 0 Å². The molecule has 1 unspecified atom stereocenters. The van der Waals surface area contributed by atoms with Gasteiger partial charge in [-0.15, -0.1) is 0 Å². The molecule has 0 spiro atoms. The van der Waals surface area contributed by atoms with Gasteiger partial charge in [0.1, 0.15) is 5.92 Å². The van der Waals surface area contributed by atoms with Gasteiger partial charge in [-0.05, 0) is 37.5 Å². The van der Waals surface area contributed by atoms with Crippen LogP contribution in [0.4, 0.5) is 5.69 Å². The van der Waals surface area contributed by atoms with E-state index in [9.17, 15) is 4.79 Å². The van der Waals surface area contributed by atoms with Gasteiger partial charge in [-0.1, -0.05) is 19.1 Å². The zero-order valence-corrected chi connectivity index (χ0v) is 9.87. The maximum Gasteiger partial charge on any atom is 0.241 e. The van der Waals surface area contributed by atoms with E-state index in [0.29, 0.717) is 6.42 Å². The Morgan fingerprint density at radius 1 is 1.50 bits per heavy atom. The number of nitriles is 1. The van der Waals surface area contributed by atoms with E-state index in [0.717, 1.165) is 16.8 Å². The second-order valence-electron chi connectivity index (χ2n) is 3.90. The SMILES string of the molecule is CCC(C#N)C(=O)Nc1cc(C)ccc1C. The van der Waals surface area contributed by atoms with Crippen LogP contribution in [0.5, 0.6) is 0 Å². The Kier molecular flexibility index (Phi) is 4.07. The monoisotopic (exact) mass is 216 g/mol. The van der Waals surface area contributed by atoms with Crippen LogP contribution in [0.2, 0.25) is 0 Å². The number of hydrogen-bond donors (Lipinski definition) is 1. The second-order valence-corrected chi connectivity index (χ2v) is 3.90. The number of carbonyl (C=O) groups is 1. The molecule has 0 aliphatic rings. The van der Waals surface area contributed by atoms with Gasteiger partial charge in [-0.3, -0.25) is 4.79 Å². The molecule has 0 radical (unpaired) electrons. The number of aryl methyl sites for hydroxylation is 2. The summed E-state index contributed by atoms with van der Waals surface area (Å²) >= 11 is 0. The summed E-state index contributed by atoms with van der Waals surface area (Å²) in [6, 6.07) is 7.86. The fraction of sp³-hybridized carbons (Fsp3) is 0.385. The Bertz CT molecular complexity index is 432. The van der Waals surface area contributed by atoms with Gasteiger partial charge >= 0.3 is 0 Å². The highest BCUT2D eigenvalue weighted by Crippen LogP contribution is 2.17. The number of amides is 1. The summed E-state index contributed by atoms with van der Waals surface area (Å²) in [7, 11) is 0. The molecule has 1 rings (SSSR count). The fourth-order valence-electron chi connectivity index (χ4n) is 1.43. The minimum Gasteiger partial charge on any atom is -0.325 e. The Morgan fingerprint density at radius 3 is 2.75 bits per heavy atom. The van der Waals surface area contributed by atoms with Crippen LogP contribution in [-0.4, -0.2) is 5.91 Å². The van der Waals surface area contributed by atoms with E-state index in [1.54, 1.807) is 0 Å². The first-order valence-electron chi connectivity index (χ1n) is 5.36. The molecule has 84 valence electrons. The highest BCUT2D eigenvalue weighted by molar-refractivity contribution is 5.94. The molecule has 0 fully saturated rings. The maximum absolute atomic E-state index is 11.7. The lowest BCUT2D eigenvalue weighted by atomic mass is 10.1. The summed E-state index contributed by atoms with van der Waals surface area (Å²) in [5.74, 6) is -0.793. The molecule has 0 bridgehead atoms. The van der Waals surface area contributed by atoms with Gasteiger partial charge in [0, 0.05) is 5.69 Å². The van der Waals surface area contributed by atoms with Crippen molar-refractivity contribution < 1.29 is 4.79 Å². The molecule has 1 atom stereocenters. The van der Waals surface area contributed by atoms with E-state index in [1.165, 1.54) is 0 Å². The highest BCUT2D eigenvalue weighted by Gasteiger charge is 2.15. The Morgan fingerprint density at radius 2 is 2.19 bits per heavy atom. The van der Waals surface area contributed by atoms with Gasteiger partial charge in [0.15, 0.2) is 0 Å². The molecule has 3 nitrogen and oxygen atoms in total. The Labute approximate surface area is 96.1 Å².